The Bertz CT molecular complexity index is 1370. The van der Waals surface area contributed by atoms with E-state index in [9.17, 15) is 13.2 Å². The van der Waals surface area contributed by atoms with E-state index in [1.165, 1.54) is 39.9 Å². The number of morpholine rings is 1. The van der Waals surface area contributed by atoms with Crippen molar-refractivity contribution in [1.82, 2.24) is 8.87 Å². The molecule has 0 N–H and O–H groups in total. The fraction of sp³-hybridized carbons (Fsp3) is 0.417. The maximum Gasteiger partial charge on any atom is 0.279 e. The Morgan fingerprint density at radius 1 is 1.11 bits per heavy atom. The number of aromatic nitrogens is 1. The van der Waals surface area contributed by atoms with Crippen LogP contribution >= 0.6 is 11.3 Å². The summed E-state index contributed by atoms with van der Waals surface area (Å²) in [5.41, 5.74) is 1.23. The lowest BCUT2D eigenvalue weighted by atomic mass is 10.2. The summed E-state index contributed by atoms with van der Waals surface area (Å²) in [7, 11) is -0.464. The lowest BCUT2D eigenvalue weighted by molar-refractivity contribution is -0.0440. The number of thiazole rings is 1. The summed E-state index contributed by atoms with van der Waals surface area (Å²) >= 11 is 1.38. The van der Waals surface area contributed by atoms with Crippen LogP contribution in [0.25, 0.3) is 10.2 Å². The molecular weight excluding hydrogens is 490 g/mol. The van der Waals surface area contributed by atoms with E-state index in [1.54, 1.807) is 14.2 Å². The molecule has 0 radical (unpaired) electrons. The van der Waals surface area contributed by atoms with E-state index < -0.39 is 15.9 Å². The zero-order valence-corrected chi connectivity index (χ0v) is 21.8. The third-order valence-electron chi connectivity index (χ3n) is 5.73. The summed E-state index contributed by atoms with van der Waals surface area (Å²) in [6.07, 6.45) is -0.362. The zero-order valence-electron chi connectivity index (χ0n) is 20.1. The van der Waals surface area contributed by atoms with Crippen molar-refractivity contribution >= 4 is 37.5 Å². The van der Waals surface area contributed by atoms with Crippen LogP contribution in [0.2, 0.25) is 0 Å². The second kappa shape index (κ2) is 10.6. The lowest BCUT2D eigenvalue weighted by Crippen LogP contribution is -2.48. The van der Waals surface area contributed by atoms with Gasteiger partial charge in [-0.3, -0.25) is 4.79 Å². The Morgan fingerprint density at radius 3 is 2.43 bits per heavy atom. The van der Waals surface area contributed by atoms with Crippen LogP contribution in [0.15, 0.2) is 52.4 Å². The summed E-state index contributed by atoms with van der Waals surface area (Å²) in [5, 5.41) is 0. The fourth-order valence-corrected chi connectivity index (χ4v) is 6.73. The van der Waals surface area contributed by atoms with Gasteiger partial charge in [-0.2, -0.15) is 9.30 Å². The second-order valence-corrected chi connectivity index (χ2v) is 11.3. The van der Waals surface area contributed by atoms with Crippen LogP contribution in [0, 0.1) is 0 Å². The number of ether oxygens (including phenoxy) is 3. The predicted molar refractivity (Wildman–Crippen MR) is 133 cm³/mol. The quantitative estimate of drug-likeness (QED) is 0.476. The predicted octanol–water partition coefficient (Wildman–Crippen LogP) is 2.90. The molecule has 3 aromatic rings. The van der Waals surface area contributed by atoms with Gasteiger partial charge in [-0.05, 0) is 56.3 Å². The molecular formula is C24H29N3O6S2. The highest BCUT2D eigenvalue weighted by Crippen LogP contribution is 2.24. The Morgan fingerprint density at radius 2 is 1.80 bits per heavy atom. The number of nitrogens with zero attached hydrogens (tertiary/aromatic N) is 3. The van der Waals surface area contributed by atoms with E-state index >= 15 is 0 Å². The molecule has 2 heterocycles. The molecule has 0 spiro atoms. The van der Waals surface area contributed by atoms with Gasteiger partial charge in [0.1, 0.15) is 5.75 Å². The van der Waals surface area contributed by atoms with Gasteiger partial charge in [0.2, 0.25) is 10.0 Å². The number of amides is 1. The standard InChI is InChI=1S/C24H29N3O6S2/c1-16-14-26(15-17(2)33-16)35(29,30)20-8-5-18(6-9-20)23(28)25-24-27(11-12-31-3)21-10-7-19(32-4)13-22(21)34-24/h5-10,13,16-17H,11-12,14-15H2,1-4H3/t16-,17+. The van der Waals surface area contributed by atoms with Crippen LogP contribution in [0.1, 0.15) is 24.2 Å². The summed E-state index contributed by atoms with van der Waals surface area (Å²) < 4.78 is 46.6. The fourth-order valence-electron chi connectivity index (χ4n) is 4.06. The van der Waals surface area contributed by atoms with E-state index in [4.69, 9.17) is 14.2 Å². The smallest absolute Gasteiger partial charge is 0.279 e. The molecule has 1 aliphatic heterocycles. The highest BCUT2D eigenvalue weighted by molar-refractivity contribution is 7.89. The normalized spacial score (nSPS) is 19.8. The highest BCUT2D eigenvalue weighted by Gasteiger charge is 2.32. The summed E-state index contributed by atoms with van der Waals surface area (Å²) in [4.78, 5) is 18.0. The highest BCUT2D eigenvalue weighted by atomic mass is 32.2. The molecule has 4 rings (SSSR count). The van der Waals surface area contributed by atoms with Gasteiger partial charge in [0, 0.05) is 32.3 Å². The molecule has 1 saturated heterocycles. The number of carbonyl (C=O) groups excluding carboxylic acids is 1. The molecule has 1 fully saturated rings. The molecule has 1 amide bonds. The van der Waals surface area contributed by atoms with Crippen LogP contribution in [0.3, 0.4) is 0 Å². The maximum atomic E-state index is 13.1. The monoisotopic (exact) mass is 519 g/mol. The van der Waals surface area contributed by atoms with E-state index in [0.717, 1.165) is 16.0 Å². The summed E-state index contributed by atoms with van der Waals surface area (Å²) in [6.45, 7) is 5.28. The molecule has 2 atom stereocenters. The molecule has 0 bridgehead atoms. The molecule has 1 aliphatic rings. The van der Waals surface area contributed by atoms with Crippen molar-refractivity contribution in [2.24, 2.45) is 4.99 Å². The first kappa shape index (κ1) is 25.5. The number of benzene rings is 2. The maximum absolute atomic E-state index is 13.1. The van der Waals surface area contributed by atoms with Gasteiger partial charge in [-0.25, -0.2) is 8.42 Å². The van der Waals surface area contributed by atoms with Crippen molar-refractivity contribution < 1.29 is 27.4 Å². The Balaban J connectivity index is 1.63. The van der Waals surface area contributed by atoms with Crippen LogP contribution < -0.4 is 9.54 Å². The first-order chi connectivity index (χ1) is 16.7. The number of fused-ring (bicyclic) bond motifs is 1. The number of hydrogen-bond donors (Lipinski definition) is 0. The van der Waals surface area contributed by atoms with Crippen LogP contribution in [-0.2, 0) is 26.0 Å². The largest absolute Gasteiger partial charge is 0.497 e. The van der Waals surface area contributed by atoms with Crippen molar-refractivity contribution in [1.29, 1.82) is 0 Å². The average molecular weight is 520 g/mol. The minimum Gasteiger partial charge on any atom is -0.497 e. The van der Waals surface area contributed by atoms with Gasteiger partial charge < -0.3 is 18.8 Å². The number of rotatable bonds is 7. The average Bonchev–Trinajstić information content (AvgIpc) is 3.17. The third-order valence-corrected chi connectivity index (χ3v) is 8.62. The van der Waals surface area contributed by atoms with E-state index in [1.807, 2.05) is 36.6 Å². The summed E-state index contributed by atoms with van der Waals surface area (Å²) in [6, 6.07) is 11.6. The Labute approximate surface area is 208 Å². The lowest BCUT2D eigenvalue weighted by Gasteiger charge is -2.34. The molecule has 188 valence electrons. The number of carbonyl (C=O) groups is 1. The van der Waals surface area contributed by atoms with E-state index in [-0.39, 0.29) is 17.1 Å². The molecule has 9 nitrogen and oxygen atoms in total. The van der Waals surface area contributed by atoms with Gasteiger partial charge in [0.15, 0.2) is 4.80 Å². The molecule has 0 aliphatic carbocycles. The van der Waals surface area contributed by atoms with Crippen molar-refractivity contribution in [3.05, 3.63) is 52.8 Å². The number of hydrogen-bond acceptors (Lipinski definition) is 7. The van der Waals surface area contributed by atoms with Gasteiger partial charge in [-0.15, -0.1) is 0 Å². The van der Waals surface area contributed by atoms with Crippen molar-refractivity contribution in [3.8, 4) is 5.75 Å². The van der Waals surface area contributed by atoms with Crippen molar-refractivity contribution in [3.63, 3.8) is 0 Å². The van der Waals surface area contributed by atoms with Crippen LogP contribution in [-0.4, -0.2) is 69.3 Å². The first-order valence-electron chi connectivity index (χ1n) is 11.2. The minimum absolute atomic E-state index is 0.138. The number of sulfonamides is 1. The second-order valence-electron chi connectivity index (χ2n) is 8.38. The number of methoxy groups -OCH3 is 2. The van der Waals surface area contributed by atoms with E-state index in [2.05, 4.69) is 4.99 Å². The minimum atomic E-state index is -3.69. The van der Waals surface area contributed by atoms with Crippen LogP contribution in [0.4, 0.5) is 0 Å². The SMILES string of the molecule is COCCn1c(=NC(=O)c2ccc(S(=O)(=O)N3C[C@@H](C)O[C@@H](C)C3)cc2)sc2cc(OC)ccc21. The van der Waals surface area contributed by atoms with Gasteiger partial charge in [0.05, 0.1) is 41.0 Å². The molecule has 35 heavy (non-hydrogen) atoms. The van der Waals surface area contributed by atoms with Crippen molar-refractivity contribution in [2.45, 2.75) is 37.5 Å². The van der Waals surface area contributed by atoms with Crippen LogP contribution in [0.5, 0.6) is 5.75 Å². The first-order valence-corrected chi connectivity index (χ1v) is 13.5. The Kier molecular flexibility index (Phi) is 7.72. The summed E-state index contributed by atoms with van der Waals surface area (Å²) in [5.74, 6) is 0.267. The molecule has 1 aromatic heterocycles. The molecule has 0 unspecified atom stereocenters. The van der Waals surface area contributed by atoms with Gasteiger partial charge in [-0.1, -0.05) is 11.3 Å². The molecule has 11 heteroatoms. The van der Waals surface area contributed by atoms with E-state index in [0.29, 0.717) is 36.6 Å². The van der Waals surface area contributed by atoms with Gasteiger partial charge in [0.25, 0.3) is 5.91 Å². The zero-order chi connectivity index (χ0) is 25.2. The Hall–Kier alpha value is -2.57. The molecule has 0 saturated carbocycles. The van der Waals surface area contributed by atoms with Gasteiger partial charge >= 0.3 is 0 Å². The topological polar surface area (TPSA) is 99.4 Å². The third kappa shape index (κ3) is 5.49. The van der Waals surface area contributed by atoms with Crippen molar-refractivity contribution in [2.75, 3.05) is 33.9 Å². The molecule has 2 aromatic carbocycles.